The molecule has 3 heteroatoms. The smallest absolute Gasteiger partial charge is 0.127 e. The molecule has 2 aromatic rings. The summed E-state index contributed by atoms with van der Waals surface area (Å²) in [5.41, 5.74) is 4.19. The van der Waals surface area contributed by atoms with E-state index >= 15 is 0 Å². The van der Waals surface area contributed by atoms with E-state index in [9.17, 15) is 4.39 Å². The molecule has 1 aliphatic rings. The van der Waals surface area contributed by atoms with E-state index in [2.05, 4.69) is 11.4 Å². The number of hydrogen-bond acceptors (Lipinski definition) is 2. The van der Waals surface area contributed by atoms with Crippen molar-refractivity contribution in [3.05, 3.63) is 59.2 Å². The summed E-state index contributed by atoms with van der Waals surface area (Å²) in [5, 5.41) is 3.31. The number of ether oxygens (including phenoxy) is 1. The van der Waals surface area contributed by atoms with Crippen molar-refractivity contribution in [3.8, 4) is 5.75 Å². The first-order valence-corrected chi connectivity index (χ1v) is 7.40. The van der Waals surface area contributed by atoms with E-state index in [1.165, 1.54) is 5.56 Å². The summed E-state index contributed by atoms with van der Waals surface area (Å²) in [6.07, 6.45) is 1.31. The normalized spacial score (nSPS) is 14.4. The summed E-state index contributed by atoms with van der Waals surface area (Å²) in [4.78, 5) is 0. The monoisotopic (exact) mass is 285 g/mol. The van der Waals surface area contributed by atoms with Crippen LogP contribution in [0.3, 0.4) is 0 Å². The lowest BCUT2D eigenvalue weighted by atomic mass is 9.99. The van der Waals surface area contributed by atoms with Crippen LogP contribution in [0.15, 0.2) is 42.5 Å². The van der Waals surface area contributed by atoms with E-state index in [-0.39, 0.29) is 0 Å². The van der Waals surface area contributed by atoms with Gasteiger partial charge in [0.1, 0.15) is 11.9 Å². The number of nitrogens with one attached hydrogen (secondary N) is 1. The van der Waals surface area contributed by atoms with Crippen LogP contribution in [0.4, 0.5) is 10.1 Å². The minimum atomic E-state index is -0.923. The summed E-state index contributed by atoms with van der Waals surface area (Å²) < 4.78 is 19.7. The first kappa shape index (κ1) is 13.9. The lowest BCUT2D eigenvalue weighted by molar-refractivity contribution is 0.324. The minimum Gasteiger partial charge on any atom is -0.497 e. The number of methoxy groups -OCH3 is 1. The standard InChI is InChI=1S/C18H20FNO/c1-21-15-8-5-13(6-9-15)7-10-17(19)16-4-2-3-14-11-12-20-18(14)16/h2-6,8-9,17,20H,7,10-12H2,1H3. The molecule has 0 saturated heterocycles. The van der Waals surface area contributed by atoms with E-state index in [1.54, 1.807) is 7.11 Å². The van der Waals surface area contributed by atoms with Gasteiger partial charge in [-0.05, 0) is 42.5 Å². The van der Waals surface area contributed by atoms with Gasteiger partial charge in [0.05, 0.1) is 7.11 Å². The Morgan fingerprint density at radius 1 is 1.19 bits per heavy atom. The van der Waals surface area contributed by atoms with Crippen LogP contribution in [0.1, 0.15) is 29.3 Å². The second-order valence-corrected chi connectivity index (χ2v) is 5.41. The zero-order valence-electron chi connectivity index (χ0n) is 12.2. The number of rotatable bonds is 5. The highest BCUT2D eigenvalue weighted by Crippen LogP contribution is 2.34. The number of hydrogen-bond donors (Lipinski definition) is 1. The van der Waals surface area contributed by atoms with Crippen LogP contribution < -0.4 is 10.1 Å². The molecule has 0 bridgehead atoms. The lowest BCUT2D eigenvalue weighted by Crippen LogP contribution is -2.00. The van der Waals surface area contributed by atoms with Crippen LogP contribution in [0, 0.1) is 0 Å². The molecule has 110 valence electrons. The highest BCUT2D eigenvalue weighted by molar-refractivity contribution is 5.61. The lowest BCUT2D eigenvalue weighted by Gasteiger charge is -2.13. The maximum Gasteiger partial charge on any atom is 0.127 e. The first-order chi connectivity index (χ1) is 10.3. The van der Waals surface area contributed by atoms with Crippen molar-refractivity contribution in [2.45, 2.75) is 25.4 Å². The molecule has 1 N–H and O–H groups in total. The average molecular weight is 285 g/mol. The zero-order valence-corrected chi connectivity index (χ0v) is 12.2. The van der Waals surface area contributed by atoms with Crippen molar-refractivity contribution in [3.63, 3.8) is 0 Å². The van der Waals surface area contributed by atoms with Gasteiger partial charge >= 0.3 is 0 Å². The predicted molar refractivity (Wildman–Crippen MR) is 83.8 cm³/mol. The van der Waals surface area contributed by atoms with Crippen molar-refractivity contribution in [2.75, 3.05) is 19.0 Å². The van der Waals surface area contributed by atoms with Gasteiger partial charge in [-0.15, -0.1) is 0 Å². The molecule has 1 heterocycles. The van der Waals surface area contributed by atoms with Crippen LogP contribution in [0.25, 0.3) is 0 Å². The fourth-order valence-electron chi connectivity index (χ4n) is 2.87. The summed E-state index contributed by atoms with van der Waals surface area (Å²) in [5.74, 6) is 0.834. The van der Waals surface area contributed by atoms with Crippen LogP contribution >= 0.6 is 0 Å². The molecule has 0 amide bonds. The molecule has 2 aromatic carbocycles. The van der Waals surface area contributed by atoms with Gasteiger partial charge in [0.25, 0.3) is 0 Å². The van der Waals surface area contributed by atoms with Gasteiger partial charge < -0.3 is 10.1 Å². The van der Waals surface area contributed by atoms with Crippen LogP contribution in [-0.4, -0.2) is 13.7 Å². The molecule has 2 nitrogen and oxygen atoms in total. The van der Waals surface area contributed by atoms with Crippen molar-refractivity contribution in [1.29, 1.82) is 0 Å². The van der Waals surface area contributed by atoms with Crippen LogP contribution in [0.5, 0.6) is 5.75 Å². The Kier molecular flexibility index (Phi) is 4.09. The largest absolute Gasteiger partial charge is 0.497 e. The molecule has 0 aliphatic carbocycles. The Hall–Kier alpha value is -2.03. The third-order valence-electron chi connectivity index (χ3n) is 4.06. The molecule has 1 unspecified atom stereocenters. The quantitative estimate of drug-likeness (QED) is 0.884. The number of alkyl halides is 1. The molecule has 0 fully saturated rings. The molecular formula is C18H20FNO. The highest BCUT2D eigenvalue weighted by atomic mass is 19.1. The topological polar surface area (TPSA) is 21.3 Å². The summed E-state index contributed by atoms with van der Waals surface area (Å²) in [6, 6.07) is 13.8. The van der Waals surface area contributed by atoms with E-state index in [0.29, 0.717) is 6.42 Å². The van der Waals surface area contributed by atoms with E-state index in [1.807, 2.05) is 36.4 Å². The molecule has 0 radical (unpaired) electrons. The van der Waals surface area contributed by atoms with Gasteiger partial charge in [-0.2, -0.15) is 0 Å². The Morgan fingerprint density at radius 3 is 2.76 bits per heavy atom. The highest BCUT2D eigenvalue weighted by Gasteiger charge is 2.19. The second-order valence-electron chi connectivity index (χ2n) is 5.41. The minimum absolute atomic E-state index is 0.504. The Balaban J connectivity index is 1.66. The molecule has 0 aromatic heterocycles. The zero-order chi connectivity index (χ0) is 14.7. The number of benzene rings is 2. The van der Waals surface area contributed by atoms with Crippen molar-refractivity contribution in [1.82, 2.24) is 0 Å². The number of fused-ring (bicyclic) bond motifs is 1. The molecule has 1 atom stereocenters. The van der Waals surface area contributed by atoms with Crippen molar-refractivity contribution < 1.29 is 9.13 Å². The Bertz CT molecular complexity index is 609. The molecule has 21 heavy (non-hydrogen) atoms. The number of para-hydroxylation sites is 1. The van der Waals surface area contributed by atoms with Gasteiger partial charge in [0.15, 0.2) is 0 Å². The second kappa shape index (κ2) is 6.17. The molecule has 0 saturated carbocycles. The van der Waals surface area contributed by atoms with Gasteiger partial charge in [-0.3, -0.25) is 0 Å². The molecular weight excluding hydrogens is 265 g/mol. The number of halogens is 1. The Morgan fingerprint density at radius 2 is 2.00 bits per heavy atom. The molecule has 3 rings (SSSR count). The molecule has 1 aliphatic heterocycles. The van der Waals surface area contributed by atoms with Gasteiger partial charge in [-0.25, -0.2) is 4.39 Å². The van der Waals surface area contributed by atoms with Gasteiger partial charge in [-0.1, -0.05) is 30.3 Å². The third kappa shape index (κ3) is 3.02. The SMILES string of the molecule is COc1ccc(CCC(F)c2cccc3c2NCC3)cc1. The predicted octanol–water partition coefficient (Wildman–Crippen LogP) is 4.31. The van der Waals surface area contributed by atoms with E-state index < -0.39 is 6.17 Å². The summed E-state index contributed by atoms with van der Waals surface area (Å²) in [6.45, 7) is 0.914. The van der Waals surface area contributed by atoms with Crippen LogP contribution in [-0.2, 0) is 12.8 Å². The number of anilines is 1. The average Bonchev–Trinajstić information content (AvgIpc) is 3.01. The third-order valence-corrected chi connectivity index (χ3v) is 4.06. The van der Waals surface area contributed by atoms with E-state index in [4.69, 9.17) is 4.74 Å². The van der Waals surface area contributed by atoms with Crippen molar-refractivity contribution in [2.24, 2.45) is 0 Å². The Labute approximate surface area is 125 Å². The van der Waals surface area contributed by atoms with Crippen molar-refractivity contribution >= 4 is 5.69 Å². The fourth-order valence-corrected chi connectivity index (χ4v) is 2.87. The van der Waals surface area contributed by atoms with E-state index in [0.717, 1.165) is 42.0 Å². The molecule has 0 spiro atoms. The summed E-state index contributed by atoms with van der Waals surface area (Å²) >= 11 is 0. The maximum absolute atomic E-state index is 14.6. The maximum atomic E-state index is 14.6. The first-order valence-electron chi connectivity index (χ1n) is 7.40. The van der Waals surface area contributed by atoms with Crippen LogP contribution in [0.2, 0.25) is 0 Å². The van der Waals surface area contributed by atoms with Gasteiger partial charge in [0.2, 0.25) is 0 Å². The van der Waals surface area contributed by atoms with Gasteiger partial charge in [0, 0.05) is 17.8 Å². The number of aryl methyl sites for hydroxylation is 1. The summed E-state index contributed by atoms with van der Waals surface area (Å²) in [7, 11) is 1.65. The fraction of sp³-hybridized carbons (Fsp3) is 0.333.